The number of rotatable bonds is 8. The molecule has 0 bridgehead atoms. The Balaban J connectivity index is 1.33. The van der Waals surface area contributed by atoms with E-state index in [4.69, 9.17) is 28.4 Å². The minimum atomic E-state index is -1.91. The average Bonchev–Trinajstić information content (AvgIpc) is 3.09. The molecular weight excluding hydrogens is 688 g/mol. The summed E-state index contributed by atoms with van der Waals surface area (Å²) in [7, 11) is 0. The predicted octanol–water partition coefficient (Wildman–Crippen LogP) is -3.02. The summed E-state index contributed by atoms with van der Waals surface area (Å²) in [4.78, 5) is 0. The number of phenolic OH excluding ortho intramolecular Hbond substituents is 4. The fourth-order valence-corrected chi connectivity index (χ4v) is 6.15. The highest BCUT2D eigenvalue weighted by Gasteiger charge is 2.52. The minimum absolute atomic E-state index is 0.0808. The maximum atomic E-state index is 11.4. The van der Waals surface area contributed by atoms with Gasteiger partial charge in [-0.15, -0.1) is 0 Å². The van der Waals surface area contributed by atoms with Crippen molar-refractivity contribution in [1.29, 1.82) is 0 Å². The van der Waals surface area contributed by atoms with Gasteiger partial charge in [0.2, 0.25) is 6.29 Å². The molecule has 0 amide bonds. The topological polar surface area (TPSA) is 311 Å². The number of phenols is 4. The van der Waals surface area contributed by atoms with E-state index < -0.39 is 123 Å². The first-order valence-corrected chi connectivity index (χ1v) is 16.0. The van der Waals surface area contributed by atoms with Gasteiger partial charge >= 0.3 is 0 Å². The molecule has 2 aromatic carbocycles. The van der Waals surface area contributed by atoms with Gasteiger partial charge < -0.3 is 94.4 Å². The Kier molecular flexibility index (Phi) is 10.8. The van der Waals surface area contributed by atoms with Crippen LogP contribution in [0.4, 0.5) is 0 Å². The normalized spacial score (nSPS) is 39.8. The van der Waals surface area contributed by atoms with Gasteiger partial charge in [0.1, 0.15) is 72.0 Å². The van der Waals surface area contributed by atoms with Crippen molar-refractivity contribution in [1.82, 2.24) is 0 Å². The van der Waals surface area contributed by atoms with Crippen LogP contribution in [0, 0.1) is 0 Å². The number of aromatic hydroxyl groups is 5. The van der Waals surface area contributed by atoms with Crippen LogP contribution in [0.2, 0.25) is 0 Å². The van der Waals surface area contributed by atoms with E-state index in [1.165, 1.54) is 37.3 Å². The van der Waals surface area contributed by atoms with Crippen LogP contribution in [0.3, 0.4) is 0 Å². The summed E-state index contributed by atoms with van der Waals surface area (Å²) in [6.45, 7) is 0.357. The number of aliphatic hydroxyl groups is 9. The molecule has 4 aliphatic rings. The van der Waals surface area contributed by atoms with Crippen molar-refractivity contribution >= 4 is 6.08 Å². The number of hydrogen-bond acceptors (Lipinski definition) is 18. The number of hydrogen-bond donors (Lipinski definition) is 12. The van der Waals surface area contributed by atoms with E-state index in [2.05, 4.69) is 4.74 Å². The molecule has 6 rings (SSSR count). The Hall–Kier alpha value is -3.54. The van der Waals surface area contributed by atoms with Crippen LogP contribution in [0.5, 0.6) is 28.7 Å². The second-order valence-corrected chi connectivity index (χ2v) is 12.7. The molecule has 19 heteroatoms. The molecule has 0 saturated carbocycles. The molecular formula is C32H41O19+. The Bertz CT molecular complexity index is 1570. The highest BCUT2D eigenvalue weighted by molar-refractivity contribution is 5.69. The van der Waals surface area contributed by atoms with E-state index in [1.54, 1.807) is 0 Å². The summed E-state index contributed by atoms with van der Waals surface area (Å²) in [6.07, 6.45) is -22.4. The number of ether oxygens (including phenoxy) is 7. The first kappa shape index (κ1) is 37.2. The maximum Gasteiger partial charge on any atom is 0.270 e. The smallest absolute Gasteiger partial charge is 0.270 e. The standard InChI is InChI=1S/C32H40O19/c1-10-21(38)24(41)27(44)30(47-10)46-9-20-23(40)25(42)29(51-31-26(43)22(39)17(37)8-45-31)32(50-20)49-19-7-13-15(35)5-12(33)6-18(13)48-28(19)11-2-3-14(34)16(36)4-11/h2-7,10,17,20-44H,8-9H2,1H3/p+1/t10-,17+,20+,21-,22-,23+,24+,25-,26+,27+,28?,29+,30+,31-,32+/m0/s1. The van der Waals surface area contributed by atoms with Gasteiger partial charge in [-0.3, -0.25) is 0 Å². The first-order chi connectivity index (χ1) is 24.1. The largest absolute Gasteiger partial charge is 0.571 e. The van der Waals surface area contributed by atoms with E-state index in [-0.39, 0.29) is 28.4 Å². The van der Waals surface area contributed by atoms with Gasteiger partial charge in [0.25, 0.3) is 11.9 Å². The molecule has 19 nitrogen and oxygen atoms in total. The summed E-state index contributed by atoms with van der Waals surface area (Å²) in [5.74, 6) is -1.68. The quantitative estimate of drug-likeness (QED) is 0.0950. The molecule has 3 saturated heterocycles. The summed E-state index contributed by atoms with van der Waals surface area (Å²) >= 11 is 0. The second kappa shape index (κ2) is 14.8. The van der Waals surface area contributed by atoms with Gasteiger partial charge in [-0.25, -0.2) is 0 Å². The molecule has 0 spiro atoms. The Morgan fingerprint density at radius 3 is 2.18 bits per heavy atom. The van der Waals surface area contributed by atoms with Crippen molar-refractivity contribution in [3.8, 4) is 28.7 Å². The first-order valence-electron chi connectivity index (χ1n) is 16.0. The van der Waals surface area contributed by atoms with Crippen LogP contribution >= 0.6 is 0 Å². The predicted molar refractivity (Wildman–Crippen MR) is 165 cm³/mol. The fraction of sp³-hybridized carbons (Fsp3) is 0.562. The lowest BCUT2D eigenvalue weighted by Gasteiger charge is -2.45. The molecule has 0 aliphatic carbocycles. The van der Waals surface area contributed by atoms with Crippen LogP contribution in [0.15, 0.2) is 36.1 Å². The summed E-state index contributed by atoms with van der Waals surface area (Å²) in [5, 5.41) is 125. The Morgan fingerprint density at radius 1 is 0.725 bits per heavy atom. The molecule has 51 heavy (non-hydrogen) atoms. The molecule has 13 N–H and O–H groups in total. The highest BCUT2D eigenvalue weighted by atomic mass is 16.8. The van der Waals surface area contributed by atoms with Gasteiger partial charge in [0, 0.05) is 12.1 Å². The molecule has 3 fully saturated rings. The zero-order valence-corrected chi connectivity index (χ0v) is 26.8. The van der Waals surface area contributed by atoms with Gasteiger partial charge in [0.05, 0.1) is 30.9 Å². The summed E-state index contributed by atoms with van der Waals surface area (Å²) in [5.41, 5.74) is 0.317. The molecule has 4 aliphatic heterocycles. The van der Waals surface area contributed by atoms with Crippen LogP contribution in [0.1, 0.15) is 24.2 Å². The van der Waals surface area contributed by atoms with Crippen molar-refractivity contribution in [3.63, 3.8) is 0 Å². The van der Waals surface area contributed by atoms with Crippen LogP contribution in [-0.4, -0.2) is 165 Å². The molecule has 2 aromatic rings. The van der Waals surface area contributed by atoms with Crippen LogP contribution < -0.4 is 0 Å². The van der Waals surface area contributed by atoms with Gasteiger partial charge in [-0.2, -0.15) is 0 Å². The Morgan fingerprint density at radius 2 is 1.45 bits per heavy atom. The molecule has 0 radical (unpaired) electrons. The number of fused-ring (bicyclic) bond motifs is 1. The highest BCUT2D eigenvalue weighted by Crippen LogP contribution is 2.46. The lowest BCUT2D eigenvalue weighted by Crippen LogP contribution is -2.63. The zero-order chi connectivity index (χ0) is 36.9. The SMILES string of the molecule is C[C@@H]1O[C@@H](OC[C@H]2O[C@@H](OC3=Cc4c(O)cc(O)cc4[OH+]C3c3ccc(O)c(O)c3)[C@H](O[C@@H]3OC[C@@H](O)[C@H](O)[C@H]3O)[C@@H](O)[C@@H]2O)[C@H](O)[C@H](O)[C@H]1O. The summed E-state index contributed by atoms with van der Waals surface area (Å²) in [6, 6.07) is 6.07. The van der Waals surface area contributed by atoms with Crippen molar-refractivity contribution in [3.05, 3.63) is 47.2 Å². The van der Waals surface area contributed by atoms with Crippen molar-refractivity contribution < 1.29 is 94.4 Å². The zero-order valence-electron chi connectivity index (χ0n) is 26.8. The van der Waals surface area contributed by atoms with E-state index in [1.807, 2.05) is 0 Å². The van der Waals surface area contributed by atoms with Crippen molar-refractivity contribution in [2.24, 2.45) is 0 Å². The van der Waals surface area contributed by atoms with Crippen LogP contribution in [-0.2, 0) is 28.4 Å². The molecule has 0 aromatic heterocycles. The van der Waals surface area contributed by atoms with E-state index >= 15 is 0 Å². The second-order valence-electron chi connectivity index (χ2n) is 12.7. The Labute approximate surface area is 288 Å². The molecule has 4 heterocycles. The van der Waals surface area contributed by atoms with E-state index in [0.29, 0.717) is 0 Å². The van der Waals surface area contributed by atoms with Crippen LogP contribution in [0.25, 0.3) is 6.08 Å². The fourth-order valence-electron chi connectivity index (χ4n) is 6.15. The molecule has 1 unspecified atom stereocenters. The lowest BCUT2D eigenvalue weighted by molar-refractivity contribution is -0.360. The van der Waals surface area contributed by atoms with Crippen molar-refractivity contribution in [2.75, 3.05) is 13.2 Å². The monoisotopic (exact) mass is 729 g/mol. The average molecular weight is 730 g/mol. The number of aliphatic hydroxyl groups excluding tert-OH is 8. The van der Waals surface area contributed by atoms with Crippen molar-refractivity contribution in [2.45, 2.75) is 99.0 Å². The lowest BCUT2D eigenvalue weighted by atomic mass is 9.97. The maximum absolute atomic E-state index is 11.4. The van der Waals surface area contributed by atoms with Gasteiger partial charge in [-0.1, -0.05) is 0 Å². The third kappa shape index (κ3) is 7.39. The van der Waals surface area contributed by atoms with E-state index in [0.717, 1.165) is 6.07 Å². The number of benzene rings is 2. The molecule has 282 valence electrons. The molecule has 15 atom stereocenters. The third-order valence-corrected chi connectivity index (χ3v) is 9.14. The minimum Gasteiger partial charge on any atom is -0.571 e. The van der Waals surface area contributed by atoms with Gasteiger partial charge in [0.15, 0.2) is 35.9 Å². The van der Waals surface area contributed by atoms with E-state index in [9.17, 15) is 61.3 Å². The third-order valence-electron chi connectivity index (χ3n) is 9.14. The van der Waals surface area contributed by atoms with Gasteiger partial charge in [-0.05, 0) is 25.1 Å². The summed E-state index contributed by atoms with van der Waals surface area (Å²) < 4.78 is 39.0.